The first-order valence-electron chi connectivity index (χ1n) is 3.02. The Morgan fingerprint density at radius 1 is 1.50 bits per heavy atom. The molecule has 0 saturated carbocycles. The van der Waals surface area contributed by atoms with Crippen LogP contribution in [0.2, 0.25) is 0 Å². The van der Waals surface area contributed by atoms with Crippen LogP contribution in [0.1, 0.15) is 0 Å². The molecule has 0 heterocycles. The Morgan fingerprint density at radius 2 is 2.33 bits per heavy atom. The van der Waals surface area contributed by atoms with E-state index in [0.717, 1.165) is 4.48 Å². The summed E-state index contributed by atoms with van der Waals surface area (Å²) < 4.78 is 0.794. The van der Waals surface area contributed by atoms with Gasteiger partial charge in [-0.25, -0.2) is 18.2 Å². The second kappa shape index (κ2) is 7.14. The maximum absolute atomic E-state index is 3.11. The summed E-state index contributed by atoms with van der Waals surface area (Å²) >= 11 is 3.11. The van der Waals surface area contributed by atoms with E-state index in [9.17, 15) is 0 Å². The van der Waals surface area contributed by atoms with Crippen molar-refractivity contribution in [3.05, 3.63) is 58.5 Å². The van der Waals surface area contributed by atoms with Gasteiger partial charge >= 0.3 is 17.1 Å². The standard InChI is InChI=1S/C5Br.C5H4.Fe/c6-5-3-1-2-4-5;1-2-4-5-3-1;/h;1-4H;/q2*-1;+2. The summed E-state index contributed by atoms with van der Waals surface area (Å²) in [6.07, 6.45) is 10.3. The molecule has 2 rings (SSSR count). The van der Waals surface area contributed by atoms with Gasteiger partial charge in [0.25, 0.3) is 0 Å². The zero-order chi connectivity index (χ0) is 7.94. The van der Waals surface area contributed by atoms with Crippen molar-refractivity contribution in [1.29, 1.82) is 0 Å². The summed E-state index contributed by atoms with van der Waals surface area (Å²) in [4.78, 5) is 0. The van der Waals surface area contributed by atoms with Crippen molar-refractivity contribution < 1.29 is 17.1 Å². The summed E-state index contributed by atoms with van der Waals surface area (Å²) in [5, 5.41) is 0. The van der Waals surface area contributed by atoms with Gasteiger partial charge in [-0.2, -0.15) is 6.08 Å². The van der Waals surface area contributed by atoms with Crippen LogP contribution in [0.3, 0.4) is 0 Å². The van der Waals surface area contributed by atoms with Crippen LogP contribution in [0.15, 0.2) is 39.6 Å². The van der Waals surface area contributed by atoms with Crippen molar-refractivity contribution in [2.24, 2.45) is 0 Å². The Labute approximate surface area is 91.3 Å². The van der Waals surface area contributed by atoms with Crippen LogP contribution in [0.5, 0.6) is 0 Å². The maximum Gasteiger partial charge on any atom is 2.00 e. The molecule has 2 aliphatic rings. The van der Waals surface area contributed by atoms with E-state index >= 15 is 0 Å². The van der Waals surface area contributed by atoms with Crippen LogP contribution in [0.25, 0.3) is 0 Å². The molecule has 0 aromatic heterocycles. The molecule has 0 amide bonds. The molecule has 0 spiro atoms. The monoisotopic (exact) mass is 259 g/mol. The smallest absolute Gasteiger partial charge is 0.354 e. The average molecular weight is 260 g/mol. The fraction of sp³-hybridized carbons (Fsp3) is 0. The van der Waals surface area contributed by atoms with Gasteiger partial charge in [0, 0.05) is 0 Å². The molecule has 0 saturated heterocycles. The van der Waals surface area contributed by atoms with Crippen LogP contribution in [0, 0.1) is 18.9 Å². The summed E-state index contributed by atoms with van der Waals surface area (Å²) in [5.74, 6) is 0. The maximum atomic E-state index is 3.11. The predicted molar refractivity (Wildman–Crippen MR) is 47.5 cm³/mol. The third-order valence-corrected chi connectivity index (χ3v) is 1.30. The average Bonchev–Trinajstić information content (AvgIpc) is 2.57. The molecule has 0 bridgehead atoms. The number of hydrogen-bond acceptors (Lipinski definition) is 0. The number of allylic oxidation sites excluding steroid dienone is 3. The van der Waals surface area contributed by atoms with Crippen LogP contribution >= 0.6 is 15.9 Å². The normalized spacial score (nSPS) is 13.2. The molecular formula is C10H4BrFe. The minimum atomic E-state index is 0. The summed E-state index contributed by atoms with van der Waals surface area (Å²) in [6.45, 7) is 0. The number of rotatable bonds is 0. The summed E-state index contributed by atoms with van der Waals surface area (Å²) in [6, 6.07) is 0. The Morgan fingerprint density at radius 3 is 2.50 bits per heavy atom. The molecule has 0 unspecified atom stereocenters. The first-order chi connectivity index (χ1) is 5.39. The zero-order valence-electron chi connectivity index (χ0n) is 6.04. The number of halogens is 1. The van der Waals surface area contributed by atoms with Gasteiger partial charge < -0.3 is 5.73 Å². The second-order valence-electron chi connectivity index (χ2n) is 1.70. The van der Waals surface area contributed by atoms with Crippen LogP contribution in [-0.4, -0.2) is 0 Å². The molecule has 0 N–H and O–H groups in total. The molecule has 59 valence electrons. The van der Waals surface area contributed by atoms with Crippen molar-refractivity contribution >= 4 is 15.9 Å². The zero-order valence-corrected chi connectivity index (χ0v) is 8.73. The van der Waals surface area contributed by atoms with Crippen molar-refractivity contribution in [2.45, 2.75) is 0 Å². The van der Waals surface area contributed by atoms with Crippen LogP contribution < -0.4 is 0 Å². The third-order valence-electron chi connectivity index (χ3n) is 0.903. The van der Waals surface area contributed by atoms with Crippen molar-refractivity contribution in [2.75, 3.05) is 0 Å². The van der Waals surface area contributed by atoms with Gasteiger partial charge in [-0.1, -0.05) is 26.8 Å². The van der Waals surface area contributed by atoms with Crippen LogP contribution in [0.4, 0.5) is 0 Å². The molecule has 0 aromatic carbocycles. The Kier molecular flexibility index (Phi) is 6.82. The quantitative estimate of drug-likeness (QED) is 0.357. The fourth-order valence-corrected chi connectivity index (χ4v) is 0.680. The molecule has 2 heteroatoms. The van der Waals surface area contributed by atoms with E-state index in [-0.39, 0.29) is 17.1 Å². The van der Waals surface area contributed by atoms with Gasteiger partial charge in [0.2, 0.25) is 0 Å². The molecule has 1 radical (unpaired) electrons. The van der Waals surface area contributed by atoms with Gasteiger partial charge in [-0.3, -0.25) is 11.5 Å². The van der Waals surface area contributed by atoms with Gasteiger partial charge in [0.15, 0.2) is 0 Å². The molecule has 0 aliphatic heterocycles. The summed E-state index contributed by atoms with van der Waals surface area (Å²) in [5.41, 5.74) is 10.7. The molecule has 0 aromatic rings. The van der Waals surface area contributed by atoms with Gasteiger partial charge in [0.1, 0.15) is 0 Å². The molecule has 0 nitrogen and oxygen atoms in total. The van der Waals surface area contributed by atoms with E-state index in [2.05, 4.69) is 44.9 Å². The van der Waals surface area contributed by atoms with Crippen LogP contribution in [-0.2, 0) is 17.1 Å². The van der Waals surface area contributed by atoms with E-state index in [1.54, 1.807) is 0 Å². The Bertz CT molecular complexity index is 319. The van der Waals surface area contributed by atoms with Gasteiger partial charge in [0.05, 0.1) is 0 Å². The fourth-order valence-electron chi connectivity index (χ4n) is 0.481. The van der Waals surface area contributed by atoms with Gasteiger partial charge in [-0.05, 0) is 0 Å². The second-order valence-corrected chi connectivity index (χ2v) is 2.49. The first-order valence-corrected chi connectivity index (χ1v) is 3.81. The SMILES string of the molecule is BrC1=C=C=C=[C-]1.C1=C[CH][CH-]C=1.[Fe+2]. The first kappa shape index (κ1) is 11.5. The number of hydrogen-bond donors (Lipinski definition) is 0. The van der Waals surface area contributed by atoms with Gasteiger partial charge in [-0.15, -0.1) is 6.08 Å². The summed E-state index contributed by atoms with van der Waals surface area (Å²) in [7, 11) is 0. The van der Waals surface area contributed by atoms with E-state index in [0.29, 0.717) is 0 Å². The molecular weight excluding hydrogens is 256 g/mol. The minimum Gasteiger partial charge on any atom is -0.354 e. The van der Waals surface area contributed by atoms with Crippen molar-refractivity contribution in [3.63, 3.8) is 0 Å². The van der Waals surface area contributed by atoms with E-state index in [4.69, 9.17) is 0 Å². The third kappa shape index (κ3) is 5.16. The van der Waals surface area contributed by atoms with Crippen molar-refractivity contribution in [3.8, 4) is 0 Å². The molecule has 2 aliphatic carbocycles. The molecule has 0 atom stereocenters. The molecule has 12 heavy (non-hydrogen) atoms. The van der Waals surface area contributed by atoms with E-state index in [1.807, 2.05) is 25.0 Å². The van der Waals surface area contributed by atoms with Crippen molar-refractivity contribution in [1.82, 2.24) is 0 Å². The minimum absolute atomic E-state index is 0. The van der Waals surface area contributed by atoms with E-state index in [1.165, 1.54) is 0 Å². The predicted octanol–water partition coefficient (Wildman–Crippen LogP) is 2.66. The largest absolute Gasteiger partial charge is 2.00 e. The van der Waals surface area contributed by atoms with E-state index < -0.39 is 0 Å². The molecule has 0 fully saturated rings. The Hall–Kier alpha value is -0.531. The Balaban J connectivity index is 0.000000189. The topological polar surface area (TPSA) is 0 Å².